The Kier molecular flexibility index (Phi) is 5.01. The second-order valence-corrected chi connectivity index (χ2v) is 6.91. The van der Waals surface area contributed by atoms with Gasteiger partial charge in [-0.05, 0) is 43.2 Å². The van der Waals surface area contributed by atoms with Gasteiger partial charge in [0, 0.05) is 12.2 Å². The quantitative estimate of drug-likeness (QED) is 0.781. The Morgan fingerprint density at radius 3 is 2.38 bits per heavy atom. The van der Waals surface area contributed by atoms with E-state index >= 15 is 0 Å². The molecule has 1 saturated carbocycles. The smallest absolute Gasteiger partial charge is 0.238 e. The highest BCUT2D eigenvalue weighted by Gasteiger charge is 2.36. The lowest BCUT2D eigenvalue weighted by Gasteiger charge is -2.40. The van der Waals surface area contributed by atoms with Gasteiger partial charge in [0.2, 0.25) is 5.91 Å². The van der Waals surface area contributed by atoms with E-state index in [9.17, 15) is 9.90 Å². The summed E-state index contributed by atoms with van der Waals surface area (Å²) in [6.45, 7) is 5.19. The Hall–Kier alpha value is -1.39. The van der Waals surface area contributed by atoms with Gasteiger partial charge in [-0.2, -0.15) is 0 Å². The van der Waals surface area contributed by atoms with Gasteiger partial charge in [0.1, 0.15) is 0 Å². The molecule has 3 N–H and O–H groups in total. The van der Waals surface area contributed by atoms with Crippen LogP contribution in [0.3, 0.4) is 0 Å². The van der Waals surface area contributed by atoms with E-state index in [0.717, 1.165) is 31.4 Å². The number of para-hydroxylation sites is 1. The molecule has 0 spiro atoms. The van der Waals surface area contributed by atoms with Crippen LogP contribution in [0.1, 0.15) is 39.5 Å². The van der Waals surface area contributed by atoms with Crippen molar-refractivity contribution in [3.63, 3.8) is 0 Å². The summed E-state index contributed by atoms with van der Waals surface area (Å²) in [4.78, 5) is 11.8. The third-order valence-corrected chi connectivity index (χ3v) is 4.33. The van der Waals surface area contributed by atoms with Gasteiger partial charge in [-0.15, -0.1) is 0 Å². The van der Waals surface area contributed by atoms with Gasteiger partial charge in [-0.1, -0.05) is 32.0 Å². The average molecular weight is 290 g/mol. The number of hydrogen-bond acceptors (Lipinski definition) is 3. The lowest BCUT2D eigenvalue weighted by Crippen LogP contribution is -2.46. The maximum Gasteiger partial charge on any atom is 0.238 e. The molecule has 1 aliphatic carbocycles. The summed E-state index contributed by atoms with van der Waals surface area (Å²) in [6, 6.07) is 9.39. The first kappa shape index (κ1) is 16.0. The van der Waals surface area contributed by atoms with Crippen molar-refractivity contribution in [3.8, 4) is 0 Å². The van der Waals surface area contributed by atoms with Crippen molar-refractivity contribution in [2.45, 2.75) is 45.1 Å². The molecule has 1 aromatic rings. The van der Waals surface area contributed by atoms with Crippen molar-refractivity contribution in [1.29, 1.82) is 0 Å². The molecule has 1 fully saturated rings. The summed E-state index contributed by atoms with van der Waals surface area (Å²) in [6.07, 6.45) is 3.66. The van der Waals surface area contributed by atoms with E-state index in [0.29, 0.717) is 12.0 Å². The fourth-order valence-electron chi connectivity index (χ4n) is 2.70. The Labute approximate surface area is 126 Å². The molecule has 0 bridgehead atoms. The summed E-state index contributed by atoms with van der Waals surface area (Å²) >= 11 is 0. The molecule has 0 saturated heterocycles. The monoisotopic (exact) mass is 290 g/mol. The fourth-order valence-corrected chi connectivity index (χ4v) is 2.70. The Morgan fingerprint density at radius 2 is 1.76 bits per heavy atom. The summed E-state index contributed by atoms with van der Waals surface area (Å²) in [5.74, 6) is -0.0825. The molecule has 2 rings (SSSR count). The summed E-state index contributed by atoms with van der Waals surface area (Å²) in [7, 11) is 0. The van der Waals surface area contributed by atoms with Gasteiger partial charge in [0.25, 0.3) is 0 Å². The van der Waals surface area contributed by atoms with Crippen molar-refractivity contribution in [3.05, 3.63) is 30.3 Å². The van der Waals surface area contributed by atoms with E-state index in [2.05, 4.69) is 24.5 Å². The molecule has 0 aromatic heterocycles. The molecule has 0 aliphatic heterocycles. The summed E-state index contributed by atoms with van der Waals surface area (Å²) < 4.78 is 0. The number of rotatable bonds is 5. The first-order valence-corrected chi connectivity index (χ1v) is 7.67. The zero-order valence-corrected chi connectivity index (χ0v) is 13.0. The molecule has 1 amide bonds. The van der Waals surface area contributed by atoms with Gasteiger partial charge in [-0.3, -0.25) is 4.79 Å². The lowest BCUT2D eigenvalue weighted by atomic mass is 9.71. The van der Waals surface area contributed by atoms with E-state index in [1.807, 2.05) is 30.3 Å². The fraction of sp³-hybridized carbons (Fsp3) is 0.588. The van der Waals surface area contributed by atoms with Crippen molar-refractivity contribution < 1.29 is 9.90 Å². The van der Waals surface area contributed by atoms with E-state index in [1.54, 1.807) is 0 Å². The van der Waals surface area contributed by atoms with E-state index in [4.69, 9.17) is 0 Å². The molecule has 4 heteroatoms. The lowest BCUT2D eigenvalue weighted by molar-refractivity contribution is -0.115. The summed E-state index contributed by atoms with van der Waals surface area (Å²) in [5.41, 5.74) is 0.460. The van der Waals surface area contributed by atoms with Gasteiger partial charge < -0.3 is 15.7 Å². The number of benzene rings is 1. The molecular weight excluding hydrogens is 264 g/mol. The van der Waals surface area contributed by atoms with Crippen LogP contribution in [0.5, 0.6) is 0 Å². The molecule has 116 valence electrons. The Bertz CT molecular complexity index is 461. The van der Waals surface area contributed by atoms with Crippen LogP contribution in [0.15, 0.2) is 30.3 Å². The van der Waals surface area contributed by atoms with Gasteiger partial charge >= 0.3 is 0 Å². The molecule has 1 aliphatic rings. The average Bonchev–Trinajstić information content (AvgIpc) is 2.44. The second kappa shape index (κ2) is 6.58. The second-order valence-electron chi connectivity index (χ2n) is 6.91. The maximum absolute atomic E-state index is 11.8. The van der Waals surface area contributed by atoms with Crippen LogP contribution in [0.4, 0.5) is 5.69 Å². The Morgan fingerprint density at radius 1 is 1.14 bits per heavy atom. The van der Waals surface area contributed by atoms with E-state index in [1.165, 1.54) is 0 Å². The molecule has 0 unspecified atom stereocenters. The number of anilines is 1. The van der Waals surface area contributed by atoms with E-state index < -0.39 is 5.60 Å². The first-order chi connectivity index (χ1) is 9.89. The highest BCUT2D eigenvalue weighted by molar-refractivity contribution is 5.92. The van der Waals surface area contributed by atoms with Gasteiger partial charge in [-0.25, -0.2) is 0 Å². The van der Waals surface area contributed by atoms with Crippen LogP contribution < -0.4 is 10.6 Å². The third-order valence-electron chi connectivity index (χ3n) is 4.33. The SMILES string of the molecule is CC1(C)CCC(O)(CNCC(=O)Nc2ccccc2)CC1. The minimum Gasteiger partial charge on any atom is -0.389 e. The number of amides is 1. The standard InChI is InChI=1S/C17H26N2O2/c1-16(2)8-10-17(21,11-9-16)13-18-12-15(20)19-14-6-4-3-5-7-14/h3-7,18,21H,8-13H2,1-2H3,(H,19,20). The van der Waals surface area contributed by atoms with Crippen LogP contribution in [0.2, 0.25) is 0 Å². The van der Waals surface area contributed by atoms with Crippen molar-refractivity contribution in [2.24, 2.45) is 5.41 Å². The zero-order valence-electron chi connectivity index (χ0n) is 13.0. The number of nitrogens with one attached hydrogen (secondary N) is 2. The number of aliphatic hydroxyl groups is 1. The first-order valence-electron chi connectivity index (χ1n) is 7.67. The molecule has 1 aromatic carbocycles. The van der Waals surface area contributed by atoms with Crippen LogP contribution in [0.25, 0.3) is 0 Å². The Balaban J connectivity index is 1.70. The number of carbonyl (C=O) groups is 1. The largest absolute Gasteiger partial charge is 0.389 e. The molecule has 0 radical (unpaired) electrons. The normalized spacial score (nSPS) is 20.0. The predicted molar refractivity (Wildman–Crippen MR) is 85.1 cm³/mol. The highest BCUT2D eigenvalue weighted by Crippen LogP contribution is 2.39. The van der Waals surface area contributed by atoms with Crippen LogP contribution in [-0.2, 0) is 4.79 Å². The molecule has 0 heterocycles. The minimum atomic E-state index is -0.664. The molecule has 0 atom stereocenters. The summed E-state index contributed by atoms with van der Waals surface area (Å²) in [5, 5.41) is 16.4. The van der Waals surface area contributed by atoms with Crippen LogP contribution in [0, 0.1) is 5.41 Å². The van der Waals surface area contributed by atoms with Gasteiger partial charge in [0.05, 0.1) is 12.1 Å². The van der Waals surface area contributed by atoms with Crippen LogP contribution in [-0.4, -0.2) is 29.7 Å². The molecule has 4 nitrogen and oxygen atoms in total. The number of carbonyl (C=O) groups excluding carboxylic acids is 1. The molecular formula is C17H26N2O2. The van der Waals surface area contributed by atoms with Crippen molar-refractivity contribution in [1.82, 2.24) is 5.32 Å². The van der Waals surface area contributed by atoms with Crippen molar-refractivity contribution >= 4 is 11.6 Å². The predicted octanol–water partition coefficient (Wildman–Crippen LogP) is 2.55. The highest BCUT2D eigenvalue weighted by atomic mass is 16.3. The third kappa shape index (κ3) is 5.14. The van der Waals surface area contributed by atoms with E-state index in [-0.39, 0.29) is 12.5 Å². The van der Waals surface area contributed by atoms with Crippen LogP contribution >= 0.6 is 0 Å². The topological polar surface area (TPSA) is 61.4 Å². The number of hydrogen-bond donors (Lipinski definition) is 3. The zero-order chi connectivity index (χ0) is 15.3. The molecule has 21 heavy (non-hydrogen) atoms. The van der Waals surface area contributed by atoms with Gasteiger partial charge in [0.15, 0.2) is 0 Å². The van der Waals surface area contributed by atoms with Crippen molar-refractivity contribution in [2.75, 3.05) is 18.4 Å². The minimum absolute atomic E-state index is 0.0825. The maximum atomic E-state index is 11.8.